The molecule has 3 nitrogen and oxygen atoms in total. The van der Waals surface area contributed by atoms with Crippen molar-refractivity contribution in [2.45, 2.75) is 20.0 Å². The van der Waals surface area contributed by atoms with E-state index >= 15 is 0 Å². The first-order valence-corrected chi connectivity index (χ1v) is 6.83. The number of nitrogens with zero attached hydrogens (tertiary/aromatic N) is 2. The number of rotatable bonds is 6. The zero-order valence-electron chi connectivity index (χ0n) is 11.9. The first kappa shape index (κ1) is 14.5. The normalized spacial score (nSPS) is 10.6. The van der Waals surface area contributed by atoms with Crippen LogP contribution < -0.4 is 10.2 Å². The van der Waals surface area contributed by atoms with Crippen LogP contribution >= 0.6 is 0 Å². The molecular weight excluding hydrogens is 253 g/mol. The van der Waals surface area contributed by atoms with Gasteiger partial charge in [0.15, 0.2) is 0 Å². The zero-order valence-corrected chi connectivity index (χ0v) is 11.9. The van der Waals surface area contributed by atoms with Crippen molar-refractivity contribution in [3.8, 4) is 0 Å². The Morgan fingerprint density at radius 1 is 1.20 bits per heavy atom. The third-order valence-corrected chi connectivity index (χ3v) is 3.21. The lowest BCUT2D eigenvalue weighted by atomic mass is 10.1. The molecule has 0 fully saturated rings. The van der Waals surface area contributed by atoms with Gasteiger partial charge in [-0.05, 0) is 37.7 Å². The second kappa shape index (κ2) is 7.01. The first-order chi connectivity index (χ1) is 9.76. The molecule has 0 bridgehead atoms. The molecule has 20 heavy (non-hydrogen) atoms. The maximum atomic E-state index is 14.2. The third kappa shape index (κ3) is 3.33. The lowest BCUT2D eigenvalue weighted by Gasteiger charge is -2.26. The standard InChI is InChI=1S/C16H20FN3/c1-3-20(12-14-8-4-5-10-19-14)16-13(11-18-2)7-6-9-15(16)17/h4-10,18H,3,11-12H2,1-2H3. The molecule has 4 heteroatoms. The summed E-state index contributed by atoms with van der Waals surface area (Å²) in [4.78, 5) is 6.34. The first-order valence-electron chi connectivity index (χ1n) is 6.83. The Hall–Kier alpha value is -1.94. The van der Waals surface area contributed by atoms with Gasteiger partial charge in [0.25, 0.3) is 0 Å². The molecule has 1 N–H and O–H groups in total. The summed E-state index contributed by atoms with van der Waals surface area (Å²) in [5, 5.41) is 3.09. The Balaban J connectivity index is 2.31. The minimum atomic E-state index is -0.185. The number of hydrogen-bond acceptors (Lipinski definition) is 3. The lowest BCUT2D eigenvalue weighted by molar-refractivity contribution is 0.612. The van der Waals surface area contributed by atoms with Gasteiger partial charge in [-0.3, -0.25) is 4.98 Å². The average Bonchev–Trinajstić information content (AvgIpc) is 2.47. The van der Waals surface area contributed by atoms with Crippen LogP contribution in [0.1, 0.15) is 18.2 Å². The van der Waals surface area contributed by atoms with Gasteiger partial charge in [0.2, 0.25) is 0 Å². The van der Waals surface area contributed by atoms with Crippen LogP contribution in [-0.2, 0) is 13.1 Å². The highest BCUT2D eigenvalue weighted by Crippen LogP contribution is 2.25. The highest BCUT2D eigenvalue weighted by Gasteiger charge is 2.15. The molecule has 0 aliphatic heterocycles. The number of aromatic nitrogens is 1. The molecule has 0 unspecified atom stereocenters. The highest BCUT2D eigenvalue weighted by molar-refractivity contribution is 5.55. The smallest absolute Gasteiger partial charge is 0.146 e. The summed E-state index contributed by atoms with van der Waals surface area (Å²) < 4.78 is 14.2. The molecular formula is C16H20FN3. The summed E-state index contributed by atoms with van der Waals surface area (Å²) in [7, 11) is 1.86. The number of benzene rings is 1. The molecule has 0 spiro atoms. The van der Waals surface area contributed by atoms with E-state index in [0.717, 1.165) is 17.8 Å². The van der Waals surface area contributed by atoms with Crippen molar-refractivity contribution in [3.63, 3.8) is 0 Å². The Bertz CT molecular complexity index is 543. The van der Waals surface area contributed by atoms with Gasteiger partial charge in [-0.1, -0.05) is 18.2 Å². The predicted octanol–water partition coefficient (Wildman–Crippen LogP) is 2.97. The monoisotopic (exact) mass is 273 g/mol. The van der Waals surface area contributed by atoms with E-state index in [4.69, 9.17) is 0 Å². The maximum Gasteiger partial charge on any atom is 0.146 e. The van der Waals surface area contributed by atoms with E-state index in [1.165, 1.54) is 6.07 Å². The van der Waals surface area contributed by atoms with Crippen molar-refractivity contribution in [2.24, 2.45) is 0 Å². The number of pyridine rings is 1. The fraction of sp³-hybridized carbons (Fsp3) is 0.312. The van der Waals surface area contributed by atoms with Crippen LogP contribution in [0.15, 0.2) is 42.6 Å². The summed E-state index contributed by atoms with van der Waals surface area (Å²) in [6.07, 6.45) is 1.76. The van der Waals surface area contributed by atoms with E-state index < -0.39 is 0 Å². The van der Waals surface area contributed by atoms with Crippen molar-refractivity contribution in [2.75, 3.05) is 18.5 Å². The van der Waals surface area contributed by atoms with E-state index in [2.05, 4.69) is 10.3 Å². The largest absolute Gasteiger partial charge is 0.363 e. The van der Waals surface area contributed by atoms with E-state index in [9.17, 15) is 4.39 Å². The van der Waals surface area contributed by atoms with Gasteiger partial charge in [0, 0.05) is 19.3 Å². The van der Waals surface area contributed by atoms with Crippen LogP contribution in [0.4, 0.5) is 10.1 Å². The summed E-state index contributed by atoms with van der Waals surface area (Å²) in [6.45, 7) is 4.01. The minimum absolute atomic E-state index is 0.185. The number of nitrogens with one attached hydrogen (secondary N) is 1. The van der Waals surface area contributed by atoms with Crippen LogP contribution in [0.25, 0.3) is 0 Å². The molecule has 0 atom stereocenters. The Labute approximate surface area is 119 Å². The Kier molecular flexibility index (Phi) is 5.07. The van der Waals surface area contributed by atoms with Crippen molar-refractivity contribution < 1.29 is 4.39 Å². The van der Waals surface area contributed by atoms with Crippen molar-refractivity contribution in [1.29, 1.82) is 0 Å². The predicted molar refractivity (Wildman–Crippen MR) is 80.1 cm³/mol. The van der Waals surface area contributed by atoms with E-state index in [1.54, 1.807) is 12.3 Å². The van der Waals surface area contributed by atoms with Gasteiger partial charge in [0.1, 0.15) is 5.82 Å². The maximum absolute atomic E-state index is 14.2. The van der Waals surface area contributed by atoms with E-state index in [0.29, 0.717) is 18.8 Å². The molecule has 0 aliphatic carbocycles. The highest BCUT2D eigenvalue weighted by atomic mass is 19.1. The molecule has 2 aromatic rings. The molecule has 0 amide bonds. The topological polar surface area (TPSA) is 28.2 Å². The summed E-state index contributed by atoms with van der Waals surface area (Å²) >= 11 is 0. The summed E-state index contributed by atoms with van der Waals surface area (Å²) in [5.74, 6) is -0.185. The SMILES string of the molecule is CCN(Cc1ccccn1)c1c(F)cccc1CNC. The summed E-state index contributed by atoms with van der Waals surface area (Å²) in [5.41, 5.74) is 2.56. The van der Waals surface area contributed by atoms with Crippen LogP contribution in [0.2, 0.25) is 0 Å². The third-order valence-electron chi connectivity index (χ3n) is 3.21. The van der Waals surface area contributed by atoms with Gasteiger partial charge >= 0.3 is 0 Å². The van der Waals surface area contributed by atoms with Crippen LogP contribution in [0.5, 0.6) is 0 Å². The zero-order chi connectivity index (χ0) is 14.4. The van der Waals surface area contributed by atoms with E-state index in [1.807, 2.05) is 43.1 Å². The second-order valence-corrected chi connectivity index (χ2v) is 4.61. The van der Waals surface area contributed by atoms with Gasteiger partial charge in [-0.15, -0.1) is 0 Å². The molecule has 0 radical (unpaired) electrons. The van der Waals surface area contributed by atoms with Crippen LogP contribution in [0.3, 0.4) is 0 Å². The van der Waals surface area contributed by atoms with Crippen molar-refractivity contribution in [1.82, 2.24) is 10.3 Å². The number of anilines is 1. The second-order valence-electron chi connectivity index (χ2n) is 4.61. The molecule has 0 saturated carbocycles. The van der Waals surface area contributed by atoms with Crippen molar-refractivity contribution >= 4 is 5.69 Å². The van der Waals surface area contributed by atoms with Gasteiger partial charge in [-0.2, -0.15) is 0 Å². The Morgan fingerprint density at radius 3 is 2.70 bits per heavy atom. The average molecular weight is 273 g/mol. The van der Waals surface area contributed by atoms with Crippen LogP contribution in [-0.4, -0.2) is 18.6 Å². The lowest BCUT2D eigenvalue weighted by Crippen LogP contribution is -2.26. The molecule has 1 aromatic heterocycles. The molecule has 0 saturated heterocycles. The quantitative estimate of drug-likeness (QED) is 0.877. The number of para-hydroxylation sites is 1. The van der Waals surface area contributed by atoms with Crippen molar-refractivity contribution in [3.05, 3.63) is 59.7 Å². The molecule has 1 heterocycles. The van der Waals surface area contributed by atoms with Gasteiger partial charge in [0.05, 0.1) is 17.9 Å². The van der Waals surface area contributed by atoms with Gasteiger partial charge < -0.3 is 10.2 Å². The summed E-state index contributed by atoms with van der Waals surface area (Å²) in [6, 6.07) is 11.0. The molecule has 1 aromatic carbocycles. The van der Waals surface area contributed by atoms with Gasteiger partial charge in [-0.25, -0.2) is 4.39 Å². The Morgan fingerprint density at radius 2 is 2.05 bits per heavy atom. The number of halogens is 1. The molecule has 106 valence electrons. The molecule has 2 rings (SSSR count). The van der Waals surface area contributed by atoms with Crippen LogP contribution in [0, 0.1) is 5.82 Å². The fourth-order valence-electron chi connectivity index (χ4n) is 2.28. The van der Waals surface area contributed by atoms with E-state index in [-0.39, 0.29) is 5.82 Å². The number of hydrogen-bond donors (Lipinski definition) is 1. The fourth-order valence-corrected chi connectivity index (χ4v) is 2.28. The minimum Gasteiger partial charge on any atom is -0.363 e. The molecule has 0 aliphatic rings.